The Kier molecular flexibility index (Phi) is 4.74. The van der Waals surface area contributed by atoms with E-state index in [1.807, 2.05) is 23.1 Å². The van der Waals surface area contributed by atoms with Crippen molar-refractivity contribution in [2.75, 3.05) is 23.4 Å². The van der Waals surface area contributed by atoms with Crippen LogP contribution in [0.4, 0.5) is 11.4 Å². The third-order valence-corrected chi connectivity index (χ3v) is 4.03. The molecule has 1 heterocycles. The Morgan fingerprint density at radius 3 is 2.79 bits per heavy atom. The molecule has 0 spiro atoms. The fourth-order valence-corrected chi connectivity index (χ4v) is 2.91. The van der Waals surface area contributed by atoms with Gasteiger partial charge in [0.25, 0.3) is 5.91 Å². The molecule has 0 unspecified atom stereocenters. The van der Waals surface area contributed by atoms with Gasteiger partial charge >= 0.3 is 0 Å². The molecule has 24 heavy (non-hydrogen) atoms. The molecular formula is C20H24N2O2. The van der Waals surface area contributed by atoms with E-state index in [-0.39, 0.29) is 12.5 Å². The Balaban J connectivity index is 1.75. The molecular weight excluding hydrogens is 300 g/mol. The number of benzene rings is 2. The van der Waals surface area contributed by atoms with Crippen molar-refractivity contribution in [3.05, 3.63) is 53.6 Å². The smallest absolute Gasteiger partial charge is 0.265 e. The van der Waals surface area contributed by atoms with Crippen molar-refractivity contribution >= 4 is 17.3 Å². The largest absolute Gasteiger partial charge is 0.481 e. The Hall–Kier alpha value is -2.49. The number of hydrogen-bond donors (Lipinski definition) is 1. The highest BCUT2D eigenvalue weighted by molar-refractivity contribution is 5.98. The Morgan fingerprint density at radius 1 is 1.21 bits per heavy atom. The first-order valence-electron chi connectivity index (χ1n) is 8.39. The van der Waals surface area contributed by atoms with Gasteiger partial charge in [0.05, 0.1) is 5.69 Å². The minimum Gasteiger partial charge on any atom is -0.481 e. The first-order chi connectivity index (χ1) is 11.5. The Bertz CT molecular complexity index is 740. The van der Waals surface area contributed by atoms with Crippen molar-refractivity contribution in [2.45, 2.75) is 27.3 Å². The van der Waals surface area contributed by atoms with Crippen LogP contribution in [0.3, 0.4) is 0 Å². The van der Waals surface area contributed by atoms with Crippen molar-refractivity contribution < 1.29 is 9.53 Å². The van der Waals surface area contributed by atoms with Crippen molar-refractivity contribution in [1.29, 1.82) is 0 Å². The first kappa shape index (κ1) is 16.4. The lowest BCUT2D eigenvalue weighted by atomic mass is 10.1. The van der Waals surface area contributed by atoms with Crippen LogP contribution in [0.2, 0.25) is 0 Å². The van der Waals surface area contributed by atoms with Crippen LogP contribution in [-0.4, -0.2) is 19.1 Å². The highest BCUT2D eigenvalue weighted by Gasteiger charge is 2.26. The van der Waals surface area contributed by atoms with Gasteiger partial charge in [-0.1, -0.05) is 43.7 Å². The van der Waals surface area contributed by atoms with E-state index in [1.165, 1.54) is 11.1 Å². The van der Waals surface area contributed by atoms with Gasteiger partial charge in [0, 0.05) is 24.8 Å². The third kappa shape index (κ3) is 3.70. The molecule has 0 saturated heterocycles. The number of aryl methyl sites for hydroxylation is 1. The van der Waals surface area contributed by atoms with Crippen LogP contribution in [0, 0.1) is 12.8 Å². The molecule has 1 aliphatic rings. The van der Waals surface area contributed by atoms with Gasteiger partial charge in [-0.2, -0.15) is 0 Å². The average molecular weight is 324 g/mol. The molecule has 1 amide bonds. The van der Waals surface area contributed by atoms with Crippen molar-refractivity contribution in [3.8, 4) is 5.75 Å². The predicted octanol–water partition coefficient (Wildman–Crippen LogP) is 3.99. The van der Waals surface area contributed by atoms with Gasteiger partial charge in [-0.3, -0.25) is 4.79 Å². The summed E-state index contributed by atoms with van der Waals surface area (Å²) in [4.78, 5) is 13.9. The summed E-state index contributed by atoms with van der Waals surface area (Å²) in [6.45, 7) is 7.90. The van der Waals surface area contributed by atoms with E-state index in [9.17, 15) is 4.79 Å². The molecule has 2 aromatic carbocycles. The van der Waals surface area contributed by atoms with Crippen LogP contribution in [0.1, 0.15) is 25.0 Å². The van der Waals surface area contributed by atoms with Gasteiger partial charge in [0.2, 0.25) is 0 Å². The zero-order chi connectivity index (χ0) is 17.1. The summed E-state index contributed by atoms with van der Waals surface area (Å²) in [6, 6.07) is 14.4. The second-order valence-electron chi connectivity index (χ2n) is 6.71. The molecule has 2 aromatic rings. The van der Waals surface area contributed by atoms with Crippen LogP contribution < -0.4 is 15.0 Å². The van der Waals surface area contributed by atoms with Gasteiger partial charge < -0.3 is 15.0 Å². The zero-order valence-electron chi connectivity index (χ0n) is 14.5. The second-order valence-corrected chi connectivity index (χ2v) is 6.71. The molecule has 0 bridgehead atoms. The number of carbonyl (C=O) groups excluding carboxylic acids is 1. The number of carbonyl (C=O) groups is 1. The highest BCUT2D eigenvalue weighted by atomic mass is 16.5. The van der Waals surface area contributed by atoms with Crippen LogP contribution in [0.15, 0.2) is 42.5 Å². The van der Waals surface area contributed by atoms with E-state index in [2.05, 4.69) is 50.4 Å². The summed E-state index contributed by atoms with van der Waals surface area (Å²) in [5.74, 6) is 1.21. The van der Waals surface area contributed by atoms with Gasteiger partial charge in [-0.05, 0) is 30.5 Å². The van der Waals surface area contributed by atoms with Crippen molar-refractivity contribution in [1.82, 2.24) is 0 Å². The molecule has 126 valence electrons. The standard InChI is InChI=1S/C20H24N2O2/c1-14(2)12-22-18-8-7-17(10-19(18)24-13-20(22)23)21-11-16-6-4-5-15(3)9-16/h4-10,14,21H,11-13H2,1-3H3. The van der Waals surface area contributed by atoms with Gasteiger partial charge in [-0.25, -0.2) is 0 Å². The molecule has 0 atom stereocenters. The lowest BCUT2D eigenvalue weighted by Crippen LogP contribution is -2.40. The van der Waals surface area contributed by atoms with Crippen LogP contribution in [-0.2, 0) is 11.3 Å². The summed E-state index contributed by atoms with van der Waals surface area (Å²) in [5.41, 5.74) is 4.35. The van der Waals surface area contributed by atoms with Crippen molar-refractivity contribution in [3.63, 3.8) is 0 Å². The number of fused-ring (bicyclic) bond motifs is 1. The Morgan fingerprint density at radius 2 is 2.04 bits per heavy atom. The Labute approximate surface area is 143 Å². The van der Waals surface area contributed by atoms with Crippen molar-refractivity contribution in [2.24, 2.45) is 5.92 Å². The molecule has 0 radical (unpaired) electrons. The SMILES string of the molecule is Cc1cccc(CNc2ccc3c(c2)OCC(=O)N3CC(C)C)c1. The molecule has 0 fully saturated rings. The quantitative estimate of drug-likeness (QED) is 0.904. The molecule has 0 aromatic heterocycles. The third-order valence-electron chi connectivity index (χ3n) is 4.03. The van der Waals surface area contributed by atoms with E-state index in [0.717, 1.165) is 23.7 Å². The molecule has 1 aliphatic heterocycles. The summed E-state index contributed by atoms with van der Waals surface area (Å²) >= 11 is 0. The number of ether oxygens (including phenoxy) is 1. The minimum atomic E-state index is 0.0247. The first-order valence-corrected chi connectivity index (χ1v) is 8.39. The highest BCUT2D eigenvalue weighted by Crippen LogP contribution is 2.35. The number of nitrogens with zero attached hydrogens (tertiary/aromatic N) is 1. The molecule has 1 N–H and O–H groups in total. The number of amides is 1. The van der Waals surface area contributed by atoms with Crippen LogP contribution in [0.25, 0.3) is 0 Å². The fraction of sp³-hybridized carbons (Fsp3) is 0.350. The predicted molar refractivity (Wildman–Crippen MR) is 97.6 cm³/mol. The summed E-state index contributed by atoms with van der Waals surface area (Å²) in [7, 11) is 0. The van der Waals surface area contributed by atoms with Gasteiger partial charge in [-0.15, -0.1) is 0 Å². The molecule has 4 nitrogen and oxygen atoms in total. The van der Waals surface area contributed by atoms with E-state index >= 15 is 0 Å². The van der Waals surface area contributed by atoms with Gasteiger partial charge in [0.15, 0.2) is 6.61 Å². The topological polar surface area (TPSA) is 41.6 Å². The molecule has 0 saturated carbocycles. The van der Waals surface area contributed by atoms with Crippen LogP contribution >= 0.6 is 0 Å². The summed E-state index contributed by atoms with van der Waals surface area (Å²) in [5, 5.41) is 3.42. The second kappa shape index (κ2) is 6.95. The van der Waals surface area contributed by atoms with E-state index in [4.69, 9.17) is 4.74 Å². The number of hydrogen-bond acceptors (Lipinski definition) is 3. The van der Waals surface area contributed by atoms with E-state index in [0.29, 0.717) is 12.5 Å². The lowest BCUT2D eigenvalue weighted by Gasteiger charge is -2.31. The maximum atomic E-state index is 12.1. The lowest BCUT2D eigenvalue weighted by molar-refractivity contribution is -0.121. The van der Waals surface area contributed by atoms with Gasteiger partial charge in [0.1, 0.15) is 5.75 Å². The van der Waals surface area contributed by atoms with E-state index < -0.39 is 0 Å². The minimum absolute atomic E-state index is 0.0247. The van der Waals surface area contributed by atoms with E-state index in [1.54, 1.807) is 0 Å². The number of anilines is 2. The average Bonchev–Trinajstić information content (AvgIpc) is 2.55. The summed E-state index contributed by atoms with van der Waals surface area (Å²) in [6.07, 6.45) is 0. The number of nitrogens with one attached hydrogen (secondary N) is 1. The molecule has 4 heteroatoms. The normalized spacial score (nSPS) is 13.7. The number of rotatable bonds is 5. The van der Waals surface area contributed by atoms with Crippen LogP contribution in [0.5, 0.6) is 5.75 Å². The maximum Gasteiger partial charge on any atom is 0.265 e. The maximum absolute atomic E-state index is 12.1. The zero-order valence-corrected chi connectivity index (χ0v) is 14.5. The monoisotopic (exact) mass is 324 g/mol. The summed E-state index contributed by atoms with van der Waals surface area (Å²) < 4.78 is 5.63. The fourth-order valence-electron chi connectivity index (χ4n) is 2.91. The molecule has 3 rings (SSSR count). The molecule has 0 aliphatic carbocycles.